The van der Waals surface area contributed by atoms with Crippen molar-refractivity contribution in [3.63, 3.8) is 0 Å². The first-order valence-electron chi connectivity index (χ1n) is 7.14. The first kappa shape index (κ1) is 13.9. The molecule has 0 heterocycles. The minimum Gasteiger partial charge on any atom is -0.398 e. The molecule has 3 N–H and O–H groups in total. The molecule has 0 aromatic heterocycles. The number of aryl methyl sites for hydroxylation is 1. The molecule has 3 unspecified atom stereocenters. The van der Waals surface area contributed by atoms with Crippen molar-refractivity contribution in [2.45, 2.75) is 46.1 Å². The Morgan fingerprint density at radius 3 is 2.68 bits per heavy atom. The maximum atomic E-state index is 12.3. The van der Waals surface area contributed by atoms with Gasteiger partial charge in [-0.3, -0.25) is 4.79 Å². The van der Waals surface area contributed by atoms with Crippen LogP contribution in [0.4, 0.5) is 5.69 Å². The number of nitrogens with one attached hydrogen (secondary N) is 1. The third kappa shape index (κ3) is 3.28. The van der Waals surface area contributed by atoms with Crippen molar-refractivity contribution in [1.29, 1.82) is 0 Å². The normalized spacial score (nSPS) is 27.0. The van der Waals surface area contributed by atoms with E-state index in [1.165, 1.54) is 6.42 Å². The predicted molar refractivity (Wildman–Crippen MR) is 79.0 cm³/mol. The third-order valence-corrected chi connectivity index (χ3v) is 4.39. The maximum Gasteiger partial charge on any atom is 0.253 e. The number of carbonyl (C=O) groups excluding carboxylic acids is 1. The Labute approximate surface area is 115 Å². The highest BCUT2D eigenvalue weighted by Gasteiger charge is 2.26. The van der Waals surface area contributed by atoms with E-state index in [0.29, 0.717) is 23.2 Å². The number of benzene rings is 1. The van der Waals surface area contributed by atoms with Gasteiger partial charge in [-0.2, -0.15) is 0 Å². The topological polar surface area (TPSA) is 55.1 Å². The highest BCUT2D eigenvalue weighted by atomic mass is 16.1. The molecule has 0 bridgehead atoms. The third-order valence-electron chi connectivity index (χ3n) is 4.39. The lowest BCUT2D eigenvalue weighted by Crippen LogP contribution is -2.40. The molecular weight excluding hydrogens is 236 g/mol. The molecule has 0 spiro atoms. The molecule has 1 aliphatic rings. The van der Waals surface area contributed by atoms with E-state index >= 15 is 0 Å². The first-order valence-corrected chi connectivity index (χ1v) is 7.14. The van der Waals surface area contributed by atoms with E-state index in [4.69, 9.17) is 5.73 Å². The van der Waals surface area contributed by atoms with E-state index in [1.54, 1.807) is 6.07 Å². The Morgan fingerprint density at radius 1 is 1.26 bits per heavy atom. The number of amides is 1. The zero-order chi connectivity index (χ0) is 14.0. The van der Waals surface area contributed by atoms with Crippen LogP contribution < -0.4 is 11.1 Å². The van der Waals surface area contributed by atoms with E-state index in [-0.39, 0.29) is 5.91 Å². The fourth-order valence-electron chi connectivity index (χ4n) is 2.81. The molecule has 3 atom stereocenters. The van der Waals surface area contributed by atoms with E-state index in [1.807, 2.05) is 19.1 Å². The number of nitrogens with two attached hydrogens (primary N) is 1. The summed E-state index contributed by atoms with van der Waals surface area (Å²) in [6, 6.07) is 5.88. The van der Waals surface area contributed by atoms with Gasteiger partial charge in [0.15, 0.2) is 0 Å². The summed E-state index contributed by atoms with van der Waals surface area (Å²) in [6.07, 6.45) is 3.33. The number of hydrogen-bond acceptors (Lipinski definition) is 2. The van der Waals surface area contributed by atoms with E-state index < -0.39 is 0 Å². The second-order valence-electron chi connectivity index (χ2n) is 6.03. The second kappa shape index (κ2) is 5.64. The van der Waals surface area contributed by atoms with Gasteiger partial charge in [0.25, 0.3) is 5.91 Å². The summed E-state index contributed by atoms with van der Waals surface area (Å²) in [6.45, 7) is 6.53. The summed E-state index contributed by atoms with van der Waals surface area (Å²) in [4.78, 5) is 12.3. The molecule has 1 fully saturated rings. The van der Waals surface area contributed by atoms with Gasteiger partial charge >= 0.3 is 0 Å². The fraction of sp³-hybridized carbons (Fsp3) is 0.562. The van der Waals surface area contributed by atoms with Crippen LogP contribution in [0.15, 0.2) is 18.2 Å². The number of hydrogen-bond donors (Lipinski definition) is 2. The lowest BCUT2D eigenvalue weighted by atomic mass is 9.79. The van der Waals surface area contributed by atoms with Gasteiger partial charge in [0.1, 0.15) is 0 Å². The summed E-state index contributed by atoms with van der Waals surface area (Å²) in [7, 11) is 0. The minimum atomic E-state index is -0.0343. The van der Waals surface area contributed by atoms with Crippen molar-refractivity contribution in [2.75, 3.05) is 5.73 Å². The zero-order valence-corrected chi connectivity index (χ0v) is 12.1. The molecule has 1 aliphatic carbocycles. The van der Waals surface area contributed by atoms with Crippen molar-refractivity contribution in [3.8, 4) is 0 Å². The first-order chi connectivity index (χ1) is 8.97. The summed E-state index contributed by atoms with van der Waals surface area (Å²) in [5.41, 5.74) is 8.10. The molecule has 104 valence electrons. The van der Waals surface area contributed by atoms with Gasteiger partial charge in [0.2, 0.25) is 0 Å². The molecular formula is C16H24N2O. The molecule has 2 rings (SSSR count). The average molecular weight is 260 g/mol. The minimum absolute atomic E-state index is 0.0343. The van der Waals surface area contributed by atoms with E-state index in [0.717, 1.165) is 24.3 Å². The summed E-state index contributed by atoms with van der Waals surface area (Å²) in [5, 5.41) is 3.14. The van der Waals surface area contributed by atoms with Crippen LogP contribution in [-0.2, 0) is 0 Å². The average Bonchev–Trinajstić information content (AvgIpc) is 2.36. The molecule has 0 saturated heterocycles. The Balaban J connectivity index is 2.03. The lowest BCUT2D eigenvalue weighted by Gasteiger charge is -2.32. The number of anilines is 1. The molecule has 0 radical (unpaired) electrons. The Hall–Kier alpha value is -1.51. The largest absolute Gasteiger partial charge is 0.398 e. The molecule has 19 heavy (non-hydrogen) atoms. The van der Waals surface area contributed by atoms with Crippen LogP contribution in [-0.4, -0.2) is 11.9 Å². The van der Waals surface area contributed by atoms with Crippen molar-refractivity contribution in [3.05, 3.63) is 29.3 Å². The van der Waals surface area contributed by atoms with Gasteiger partial charge in [-0.25, -0.2) is 0 Å². The predicted octanol–water partition coefficient (Wildman–Crippen LogP) is 3.13. The molecule has 1 aromatic carbocycles. The standard InChI is InChI=1S/C16H24N2O/c1-10-4-7-15(17)14(8-10)16(19)18-13-6-5-11(2)12(3)9-13/h4,7-8,11-13H,5-6,9,17H2,1-3H3,(H,18,19). The molecule has 1 aromatic rings. The van der Waals surface area contributed by atoms with Gasteiger partial charge in [0.05, 0.1) is 5.56 Å². The zero-order valence-electron chi connectivity index (χ0n) is 12.1. The van der Waals surface area contributed by atoms with Gasteiger partial charge in [-0.05, 0) is 50.2 Å². The maximum absolute atomic E-state index is 12.3. The fourth-order valence-corrected chi connectivity index (χ4v) is 2.81. The number of carbonyl (C=O) groups is 1. The molecule has 1 amide bonds. The summed E-state index contributed by atoms with van der Waals surface area (Å²) in [5.74, 6) is 1.40. The molecule has 3 heteroatoms. The highest BCUT2D eigenvalue weighted by molar-refractivity contribution is 5.99. The van der Waals surface area contributed by atoms with E-state index in [2.05, 4.69) is 19.2 Å². The van der Waals surface area contributed by atoms with Gasteiger partial charge < -0.3 is 11.1 Å². The van der Waals surface area contributed by atoms with Crippen LogP contribution in [0.2, 0.25) is 0 Å². The molecule has 3 nitrogen and oxygen atoms in total. The Bertz CT molecular complexity index is 470. The Morgan fingerprint density at radius 2 is 2.00 bits per heavy atom. The number of nitrogen functional groups attached to an aromatic ring is 1. The molecule has 0 aliphatic heterocycles. The van der Waals surface area contributed by atoms with Crippen molar-refractivity contribution in [1.82, 2.24) is 5.32 Å². The van der Waals surface area contributed by atoms with Crippen LogP contribution >= 0.6 is 0 Å². The van der Waals surface area contributed by atoms with Gasteiger partial charge in [-0.15, -0.1) is 0 Å². The monoisotopic (exact) mass is 260 g/mol. The summed E-state index contributed by atoms with van der Waals surface area (Å²) >= 11 is 0. The van der Waals surface area contributed by atoms with Crippen molar-refractivity contribution in [2.24, 2.45) is 11.8 Å². The van der Waals surface area contributed by atoms with E-state index in [9.17, 15) is 4.79 Å². The summed E-state index contributed by atoms with van der Waals surface area (Å²) < 4.78 is 0. The second-order valence-corrected chi connectivity index (χ2v) is 6.03. The van der Waals surface area contributed by atoms with Crippen LogP contribution in [0.25, 0.3) is 0 Å². The highest BCUT2D eigenvalue weighted by Crippen LogP contribution is 2.29. The van der Waals surface area contributed by atoms with Gasteiger partial charge in [0, 0.05) is 11.7 Å². The van der Waals surface area contributed by atoms with Crippen LogP contribution in [0.1, 0.15) is 49.0 Å². The molecule has 1 saturated carbocycles. The smallest absolute Gasteiger partial charge is 0.253 e. The Kier molecular flexibility index (Phi) is 4.13. The quantitative estimate of drug-likeness (QED) is 0.803. The lowest BCUT2D eigenvalue weighted by molar-refractivity contribution is 0.0911. The van der Waals surface area contributed by atoms with Crippen LogP contribution in [0.5, 0.6) is 0 Å². The van der Waals surface area contributed by atoms with Crippen LogP contribution in [0, 0.1) is 18.8 Å². The van der Waals surface area contributed by atoms with Crippen LogP contribution in [0.3, 0.4) is 0 Å². The SMILES string of the molecule is Cc1ccc(N)c(C(=O)NC2CCC(C)C(C)C2)c1. The van der Waals surface area contributed by atoms with Crippen molar-refractivity contribution >= 4 is 11.6 Å². The van der Waals surface area contributed by atoms with Gasteiger partial charge in [-0.1, -0.05) is 25.5 Å². The van der Waals surface area contributed by atoms with Crippen molar-refractivity contribution < 1.29 is 4.79 Å². The number of rotatable bonds is 2.